The molecule has 0 aliphatic heterocycles. The SMILES string of the molecule is CC(C)(C)OC(=O)NC1CC(N)CC(C(F)(F)F)C1. The standard InChI is InChI=1S/C12H21F3N2O2/c1-11(2,3)19-10(18)17-9-5-7(12(13,14)15)4-8(16)6-9/h7-9H,4-6,16H2,1-3H3,(H,17,18). The van der Waals surface area contributed by atoms with E-state index in [1.807, 2.05) is 0 Å². The van der Waals surface area contributed by atoms with Crippen molar-refractivity contribution in [2.75, 3.05) is 0 Å². The van der Waals surface area contributed by atoms with Crippen molar-refractivity contribution in [3.05, 3.63) is 0 Å². The third kappa shape index (κ3) is 5.67. The Morgan fingerprint density at radius 2 is 1.79 bits per heavy atom. The maximum Gasteiger partial charge on any atom is 0.407 e. The molecule has 1 amide bonds. The zero-order chi connectivity index (χ0) is 14.8. The molecule has 0 aromatic heterocycles. The number of nitrogens with one attached hydrogen (secondary N) is 1. The minimum Gasteiger partial charge on any atom is -0.444 e. The summed E-state index contributed by atoms with van der Waals surface area (Å²) in [6.45, 7) is 5.08. The number of hydrogen-bond donors (Lipinski definition) is 2. The zero-order valence-corrected chi connectivity index (χ0v) is 11.4. The minimum absolute atomic E-state index is 0.0873. The normalized spacial score (nSPS) is 28.9. The predicted molar refractivity (Wildman–Crippen MR) is 64.5 cm³/mol. The fourth-order valence-corrected chi connectivity index (χ4v) is 2.22. The molecule has 1 rings (SSSR count). The molecule has 0 bridgehead atoms. The summed E-state index contributed by atoms with van der Waals surface area (Å²) >= 11 is 0. The monoisotopic (exact) mass is 282 g/mol. The topological polar surface area (TPSA) is 64.3 Å². The number of rotatable bonds is 1. The van der Waals surface area contributed by atoms with Crippen LogP contribution in [0.1, 0.15) is 40.0 Å². The Labute approximate surface area is 110 Å². The summed E-state index contributed by atoms with van der Waals surface area (Å²) < 4.78 is 43.1. The molecule has 1 aliphatic carbocycles. The number of alkyl carbamates (subject to hydrolysis) is 1. The molecule has 0 spiro atoms. The number of nitrogens with two attached hydrogens (primary N) is 1. The van der Waals surface area contributed by atoms with Gasteiger partial charge in [-0.1, -0.05) is 0 Å². The highest BCUT2D eigenvalue weighted by molar-refractivity contribution is 5.68. The van der Waals surface area contributed by atoms with Crippen molar-refractivity contribution >= 4 is 6.09 Å². The number of amides is 1. The van der Waals surface area contributed by atoms with Gasteiger partial charge in [0.25, 0.3) is 0 Å². The van der Waals surface area contributed by atoms with Gasteiger partial charge >= 0.3 is 12.3 Å². The van der Waals surface area contributed by atoms with Crippen LogP contribution in [-0.4, -0.2) is 30.0 Å². The minimum atomic E-state index is -4.27. The molecule has 112 valence electrons. The molecule has 1 aliphatic rings. The fourth-order valence-electron chi connectivity index (χ4n) is 2.22. The van der Waals surface area contributed by atoms with Gasteiger partial charge in [0, 0.05) is 12.1 Å². The molecule has 0 aromatic rings. The second kappa shape index (κ2) is 5.56. The Kier molecular flexibility index (Phi) is 4.71. The van der Waals surface area contributed by atoms with E-state index in [0.29, 0.717) is 6.42 Å². The van der Waals surface area contributed by atoms with Gasteiger partial charge in [0.05, 0.1) is 5.92 Å². The maximum absolute atomic E-state index is 12.7. The summed E-state index contributed by atoms with van der Waals surface area (Å²) in [6, 6.07) is -1.15. The molecule has 3 unspecified atom stereocenters. The highest BCUT2D eigenvalue weighted by Crippen LogP contribution is 2.37. The van der Waals surface area contributed by atoms with Crippen LogP contribution in [0.5, 0.6) is 0 Å². The molecule has 1 saturated carbocycles. The summed E-state index contributed by atoms with van der Waals surface area (Å²) in [7, 11) is 0. The van der Waals surface area contributed by atoms with Crippen molar-refractivity contribution in [3.8, 4) is 0 Å². The van der Waals surface area contributed by atoms with Gasteiger partial charge in [0.1, 0.15) is 5.60 Å². The summed E-state index contributed by atoms with van der Waals surface area (Å²) in [5.41, 5.74) is 4.95. The molecule has 1 fully saturated rings. The fraction of sp³-hybridized carbons (Fsp3) is 0.917. The quantitative estimate of drug-likeness (QED) is 0.777. The smallest absolute Gasteiger partial charge is 0.407 e. The lowest BCUT2D eigenvalue weighted by Crippen LogP contribution is -2.49. The molecule has 0 aromatic carbocycles. The van der Waals surface area contributed by atoms with E-state index in [1.165, 1.54) is 0 Å². The number of hydrogen-bond acceptors (Lipinski definition) is 3. The highest BCUT2D eigenvalue weighted by atomic mass is 19.4. The Morgan fingerprint density at radius 3 is 2.26 bits per heavy atom. The van der Waals surface area contributed by atoms with Crippen LogP contribution >= 0.6 is 0 Å². The van der Waals surface area contributed by atoms with Crippen molar-refractivity contribution in [2.24, 2.45) is 11.7 Å². The Balaban J connectivity index is 2.56. The molecule has 0 heterocycles. The number of alkyl halides is 3. The van der Waals surface area contributed by atoms with Crippen LogP contribution in [0.3, 0.4) is 0 Å². The molecular formula is C12H21F3N2O2. The summed E-state index contributed by atoms with van der Waals surface area (Å²) in [5.74, 6) is -1.46. The van der Waals surface area contributed by atoms with Gasteiger partial charge in [-0.15, -0.1) is 0 Å². The summed E-state index contributed by atoms with van der Waals surface area (Å²) in [6.07, 6.45) is -4.86. The number of ether oxygens (including phenoxy) is 1. The van der Waals surface area contributed by atoms with E-state index in [-0.39, 0.29) is 12.8 Å². The lowest BCUT2D eigenvalue weighted by atomic mass is 9.82. The van der Waals surface area contributed by atoms with Crippen molar-refractivity contribution < 1.29 is 22.7 Å². The van der Waals surface area contributed by atoms with E-state index in [0.717, 1.165) is 0 Å². The number of halogens is 3. The zero-order valence-electron chi connectivity index (χ0n) is 11.4. The van der Waals surface area contributed by atoms with E-state index < -0.39 is 35.9 Å². The maximum atomic E-state index is 12.7. The van der Waals surface area contributed by atoms with Crippen molar-refractivity contribution in [2.45, 2.75) is 63.9 Å². The van der Waals surface area contributed by atoms with E-state index in [2.05, 4.69) is 5.32 Å². The van der Waals surface area contributed by atoms with E-state index >= 15 is 0 Å². The molecule has 0 radical (unpaired) electrons. The first-order valence-electron chi connectivity index (χ1n) is 6.29. The second-order valence-corrected chi connectivity index (χ2v) is 6.05. The Hall–Kier alpha value is -0.980. The van der Waals surface area contributed by atoms with Crippen LogP contribution in [0.25, 0.3) is 0 Å². The summed E-state index contributed by atoms with van der Waals surface area (Å²) in [5, 5.41) is 2.47. The molecular weight excluding hydrogens is 261 g/mol. The Bertz CT molecular complexity index is 326. The summed E-state index contributed by atoms with van der Waals surface area (Å²) in [4.78, 5) is 11.5. The first-order chi connectivity index (χ1) is 8.47. The second-order valence-electron chi connectivity index (χ2n) is 6.05. The number of carbonyl (C=O) groups is 1. The molecule has 3 atom stereocenters. The average Bonchev–Trinajstić information content (AvgIpc) is 2.11. The third-order valence-corrected chi connectivity index (χ3v) is 2.93. The first-order valence-corrected chi connectivity index (χ1v) is 6.29. The van der Waals surface area contributed by atoms with Gasteiger partial charge in [-0.25, -0.2) is 4.79 Å². The van der Waals surface area contributed by atoms with Crippen LogP contribution in [0.4, 0.5) is 18.0 Å². The van der Waals surface area contributed by atoms with Crippen molar-refractivity contribution in [3.63, 3.8) is 0 Å². The highest BCUT2D eigenvalue weighted by Gasteiger charge is 2.44. The van der Waals surface area contributed by atoms with Crippen LogP contribution < -0.4 is 11.1 Å². The number of carbonyl (C=O) groups excluding carboxylic acids is 1. The van der Waals surface area contributed by atoms with Gasteiger partial charge < -0.3 is 15.8 Å². The van der Waals surface area contributed by atoms with Gasteiger partial charge in [0.15, 0.2) is 0 Å². The Morgan fingerprint density at radius 1 is 1.21 bits per heavy atom. The molecule has 3 N–H and O–H groups in total. The van der Waals surface area contributed by atoms with Gasteiger partial charge in [-0.2, -0.15) is 13.2 Å². The van der Waals surface area contributed by atoms with E-state index in [1.54, 1.807) is 20.8 Å². The third-order valence-electron chi connectivity index (χ3n) is 2.93. The predicted octanol–water partition coefficient (Wildman–Crippen LogP) is 2.57. The van der Waals surface area contributed by atoms with Crippen LogP contribution in [0.15, 0.2) is 0 Å². The van der Waals surface area contributed by atoms with Gasteiger partial charge in [0.2, 0.25) is 0 Å². The van der Waals surface area contributed by atoms with Crippen LogP contribution in [0, 0.1) is 5.92 Å². The lowest BCUT2D eigenvalue weighted by molar-refractivity contribution is -0.184. The van der Waals surface area contributed by atoms with E-state index in [9.17, 15) is 18.0 Å². The van der Waals surface area contributed by atoms with E-state index in [4.69, 9.17) is 10.5 Å². The molecule has 4 nitrogen and oxygen atoms in total. The molecule has 0 saturated heterocycles. The average molecular weight is 282 g/mol. The van der Waals surface area contributed by atoms with Crippen LogP contribution in [-0.2, 0) is 4.74 Å². The van der Waals surface area contributed by atoms with Crippen LogP contribution in [0.2, 0.25) is 0 Å². The van der Waals surface area contributed by atoms with Crippen molar-refractivity contribution in [1.29, 1.82) is 0 Å². The molecule has 19 heavy (non-hydrogen) atoms. The first kappa shape index (κ1) is 16.1. The van der Waals surface area contributed by atoms with Gasteiger partial charge in [-0.3, -0.25) is 0 Å². The largest absolute Gasteiger partial charge is 0.444 e. The van der Waals surface area contributed by atoms with Crippen molar-refractivity contribution in [1.82, 2.24) is 5.32 Å². The lowest BCUT2D eigenvalue weighted by Gasteiger charge is -2.34. The molecule has 7 heteroatoms. The van der Waals surface area contributed by atoms with Gasteiger partial charge in [-0.05, 0) is 40.0 Å².